The molecule has 0 aliphatic rings. The van der Waals surface area contributed by atoms with Gasteiger partial charge < -0.3 is 4.98 Å². The Morgan fingerprint density at radius 1 is 1.69 bits per heavy atom. The molecule has 13 heavy (non-hydrogen) atoms. The standard InChI is InChI=1S/C8H8N2OS2/c1-2-10-7(11)6-5(3-4-13-6)9-8(10)12/h3-4H,2H2,1H3,(H,9,12). The van der Waals surface area contributed by atoms with Gasteiger partial charge in [-0.05, 0) is 30.6 Å². The van der Waals surface area contributed by atoms with E-state index in [4.69, 9.17) is 12.2 Å². The van der Waals surface area contributed by atoms with E-state index in [0.717, 1.165) is 10.2 Å². The van der Waals surface area contributed by atoms with E-state index >= 15 is 0 Å². The Morgan fingerprint density at radius 3 is 3.15 bits per heavy atom. The lowest BCUT2D eigenvalue weighted by molar-refractivity contribution is 0.706. The lowest BCUT2D eigenvalue weighted by Gasteiger charge is -2.00. The number of hydrogen-bond acceptors (Lipinski definition) is 3. The molecule has 0 amide bonds. The summed E-state index contributed by atoms with van der Waals surface area (Å²) in [6.45, 7) is 2.52. The average molecular weight is 212 g/mol. The van der Waals surface area contributed by atoms with Gasteiger partial charge in [-0.25, -0.2) is 0 Å². The molecule has 0 radical (unpaired) electrons. The van der Waals surface area contributed by atoms with Gasteiger partial charge in [0.1, 0.15) is 4.70 Å². The first-order chi connectivity index (χ1) is 6.24. The van der Waals surface area contributed by atoms with E-state index in [-0.39, 0.29) is 5.56 Å². The maximum Gasteiger partial charge on any atom is 0.272 e. The second-order valence-electron chi connectivity index (χ2n) is 2.64. The molecule has 0 unspecified atom stereocenters. The Balaban J connectivity index is 3.02. The topological polar surface area (TPSA) is 37.8 Å². The highest BCUT2D eigenvalue weighted by Gasteiger charge is 2.03. The fraction of sp³-hybridized carbons (Fsp3) is 0.250. The molecule has 2 heterocycles. The molecule has 68 valence electrons. The van der Waals surface area contributed by atoms with E-state index in [1.807, 2.05) is 18.4 Å². The minimum atomic E-state index is 0.0104. The number of fused-ring (bicyclic) bond motifs is 1. The lowest BCUT2D eigenvalue weighted by atomic mass is 10.5. The zero-order valence-electron chi connectivity index (χ0n) is 7.03. The van der Waals surface area contributed by atoms with Crippen LogP contribution in [0.4, 0.5) is 0 Å². The van der Waals surface area contributed by atoms with Gasteiger partial charge in [0.25, 0.3) is 5.56 Å². The van der Waals surface area contributed by atoms with Crippen LogP contribution in [-0.2, 0) is 6.54 Å². The molecule has 0 saturated heterocycles. The summed E-state index contributed by atoms with van der Waals surface area (Å²) in [5, 5.41) is 1.89. The van der Waals surface area contributed by atoms with Gasteiger partial charge in [0.05, 0.1) is 5.52 Å². The van der Waals surface area contributed by atoms with E-state index in [9.17, 15) is 4.79 Å². The normalized spacial score (nSPS) is 10.8. The molecule has 0 fully saturated rings. The SMILES string of the molecule is CCn1c(=S)[nH]c2ccsc2c1=O. The Kier molecular flexibility index (Phi) is 2.05. The average Bonchev–Trinajstić information content (AvgIpc) is 2.53. The zero-order valence-corrected chi connectivity index (χ0v) is 8.67. The van der Waals surface area contributed by atoms with Crippen molar-refractivity contribution in [2.24, 2.45) is 0 Å². The zero-order chi connectivity index (χ0) is 9.42. The fourth-order valence-corrected chi connectivity index (χ4v) is 2.38. The van der Waals surface area contributed by atoms with Crippen LogP contribution in [-0.4, -0.2) is 9.55 Å². The Bertz CT molecular complexity index is 549. The first-order valence-corrected chi connectivity index (χ1v) is 5.23. The predicted octanol–water partition coefficient (Wildman–Crippen LogP) is 2.14. The first-order valence-electron chi connectivity index (χ1n) is 3.94. The third kappa shape index (κ3) is 1.24. The van der Waals surface area contributed by atoms with Crippen LogP contribution in [0.15, 0.2) is 16.2 Å². The molecule has 0 atom stereocenters. The van der Waals surface area contributed by atoms with Crippen LogP contribution >= 0.6 is 23.6 Å². The van der Waals surface area contributed by atoms with Crippen molar-refractivity contribution in [2.45, 2.75) is 13.5 Å². The van der Waals surface area contributed by atoms with Crippen LogP contribution < -0.4 is 5.56 Å². The number of aromatic amines is 1. The van der Waals surface area contributed by atoms with Crippen molar-refractivity contribution in [1.29, 1.82) is 0 Å². The molecule has 0 aliphatic carbocycles. The van der Waals surface area contributed by atoms with Gasteiger partial charge in [-0.2, -0.15) is 0 Å². The van der Waals surface area contributed by atoms with Gasteiger partial charge >= 0.3 is 0 Å². The van der Waals surface area contributed by atoms with Crippen LogP contribution in [0.25, 0.3) is 10.2 Å². The molecule has 0 saturated carbocycles. The van der Waals surface area contributed by atoms with Gasteiger partial charge in [0.2, 0.25) is 0 Å². The Labute approximate surface area is 83.7 Å². The van der Waals surface area contributed by atoms with Crippen molar-refractivity contribution in [3.05, 3.63) is 26.6 Å². The summed E-state index contributed by atoms with van der Waals surface area (Å²) in [7, 11) is 0. The van der Waals surface area contributed by atoms with E-state index in [0.29, 0.717) is 11.3 Å². The molecular formula is C8H8N2OS2. The Hall–Kier alpha value is -0.940. The number of thiophene rings is 1. The van der Waals surface area contributed by atoms with E-state index in [1.54, 1.807) is 4.57 Å². The minimum Gasteiger partial charge on any atom is -0.331 e. The van der Waals surface area contributed by atoms with Crippen molar-refractivity contribution in [3.8, 4) is 0 Å². The van der Waals surface area contributed by atoms with Crippen molar-refractivity contribution in [1.82, 2.24) is 9.55 Å². The van der Waals surface area contributed by atoms with Crippen molar-refractivity contribution in [3.63, 3.8) is 0 Å². The van der Waals surface area contributed by atoms with Crippen LogP contribution in [0.2, 0.25) is 0 Å². The number of H-pyrrole nitrogens is 1. The summed E-state index contributed by atoms with van der Waals surface area (Å²) in [6.07, 6.45) is 0. The van der Waals surface area contributed by atoms with Crippen molar-refractivity contribution in [2.75, 3.05) is 0 Å². The highest BCUT2D eigenvalue weighted by molar-refractivity contribution is 7.71. The number of rotatable bonds is 1. The summed E-state index contributed by atoms with van der Waals surface area (Å²) < 4.78 is 2.81. The molecular weight excluding hydrogens is 204 g/mol. The molecule has 0 aliphatic heterocycles. The van der Waals surface area contributed by atoms with Crippen LogP contribution in [0, 0.1) is 4.77 Å². The maximum atomic E-state index is 11.7. The number of aromatic nitrogens is 2. The molecule has 0 aromatic carbocycles. The third-order valence-corrected chi connectivity index (χ3v) is 3.13. The van der Waals surface area contributed by atoms with Gasteiger partial charge in [0.15, 0.2) is 4.77 Å². The van der Waals surface area contributed by atoms with Gasteiger partial charge in [-0.1, -0.05) is 0 Å². The van der Waals surface area contributed by atoms with Gasteiger partial charge in [-0.15, -0.1) is 11.3 Å². The molecule has 1 N–H and O–H groups in total. The third-order valence-electron chi connectivity index (χ3n) is 1.91. The summed E-state index contributed by atoms with van der Waals surface area (Å²) in [6, 6.07) is 1.87. The molecule has 2 aromatic heterocycles. The summed E-state index contributed by atoms with van der Waals surface area (Å²) >= 11 is 6.49. The highest BCUT2D eigenvalue weighted by Crippen LogP contribution is 2.13. The molecule has 2 rings (SSSR count). The van der Waals surface area contributed by atoms with E-state index < -0.39 is 0 Å². The van der Waals surface area contributed by atoms with Gasteiger partial charge in [-0.3, -0.25) is 9.36 Å². The highest BCUT2D eigenvalue weighted by atomic mass is 32.1. The first kappa shape index (κ1) is 8.65. The van der Waals surface area contributed by atoms with Crippen LogP contribution in [0.1, 0.15) is 6.92 Å². The minimum absolute atomic E-state index is 0.0104. The monoisotopic (exact) mass is 212 g/mol. The molecule has 5 heteroatoms. The van der Waals surface area contributed by atoms with E-state index in [1.165, 1.54) is 11.3 Å². The van der Waals surface area contributed by atoms with Crippen LogP contribution in [0.3, 0.4) is 0 Å². The molecule has 2 aromatic rings. The molecule has 0 bridgehead atoms. The van der Waals surface area contributed by atoms with Crippen LogP contribution in [0.5, 0.6) is 0 Å². The second-order valence-corrected chi connectivity index (χ2v) is 3.95. The van der Waals surface area contributed by atoms with Gasteiger partial charge in [0, 0.05) is 6.54 Å². The quantitative estimate of drug-likeness (QED) is 0.735. The van der Waals surface area contributed by atoms with Crippen molar-refractivity contribution < 1.29 is 0 Å². The number of nitrogens with zero attached hydrogens (tertiary/aromatic N) is 1. The summed E-state index contributed by atoms with van der Waals surface area (Å²) in [4.78, 5) is 14.7. The van der Waals surface area contributed by atoms with E-state index in [2.05, 4.69) is 4.98 Å². The van der Waals surface area contributed by atoms with Crippen molar-refractivity contribution >= 4 is 33.8 Å². The summed E-state index contributed by atoms with van der Waals surface area (Å²) in [5.74, 6) is 0. The molecule has 3 nitrogen and oxygen atoms in total. The number of nitrogens with one attached hydrogen (secondary N) is 1. The molecule has 0 spiro atoms. The largest absolute Gasteiger partial charge is 0.331 e. The lowest BCUT2D eigenvalue weighted by Crippen LogP contribution is -2.19. The number of hydrogen-bond donors (Lipinski definition) is 1. The fourth-order valence-electron chi connectivity index (χ4n) is 1.26. The smallest absolute Gasteiger partial charge is 0.272 e. The second kappa shape index (κ2) is 3.08. The predicted molar refractivity (Wildman–Crippen MR) is 56.9 cm³/mol. The maximum absolute atomic E-state index is 11.7. The Morgan fingerprint density at radius 2 is 2.46 bits per heavy atom. The summed E-state index contributed by atoms with van der Waals surface area (Å²) in [5.41, 5.74) is 0.848.